The van der Waals surface area contributed by atoms with Crippen molar-refractivity contribution in [2.24, 2.45) is 0 Å². The van der Waals surface area contributed by atoms with Crippen molar-refractivity contribution < 1.29 is 23.8 Å². The van der Waals surface area contributed by atoms with Gasteiger partial charge in [-0.25, -0.2) is 14.2 Å². The number of carbonyl (C=O) groups is 1. The fourth-order valence-corrected chi connectivity index (χ4v) is 2.48. The van der Waals surface area contributed by atoms with Crippen LogP contribution in [0.2, 0.25) is 0 Å². The Morgan fingerprint density at radius 2 is 2.18 bits per heavy atom. The molecule has 22 heavy (non-hydrogen) atoms. The van der Waals surface area contributed by atoms with Crippen LogP contribution in [0, 0.1) is 5.82 Å². The van der Waals surface area contributed by atoms with E-state index in [0.717, 1.165) is 6.20 Å². The van der Waals surface area contributed by atoms with Crippen molar-refractivity contribution in [2.75, 3.05) is 13.7 Å². The van der Waals surface area contributed by atoms with Gasteiger partial charge >= 0.3 is 6.09 Å². The highest BCUT2D eigenvalue weighted by Crippen LogP contribution is 2.37. The predicted octanol–water partition coefficient (Wildman–Crippen LogP) is 2.27. The molecule has 0 aliphatic carbocycles. The quantitative estimate of drug-likeness (QED) is 0.907. The number of rotatable bonds is 2. The minimum atomic E-state index is -0.703. The van der Waals surface area contributed by atoms with Gasteiger partial charge in [0.05, 0.1) is 32.0 Å². The van der Waals surface area contributed by atoms with Gasteiger partial charge in [0.1, 0.15) is 11.4 Å². The largest absolute Gasteiger partial charge is 0.481 e. The highest BCUT2D eigenvalue weighted by Gasteiger charge is 2.39. The van der Waals surface area contributed by atoms with Crippen LogP contribution >= 0.6 is 0 Å². The van der Waals surface area contributed by atoms with Gasteiger partial charge in [0.2, 0.25) is 5.88 Å². The first-order valence-corrected chi connectivity index (χ1v) is 7.08. The molecular formula is C15H21FN2O4. The second kappa shape index (κ2) is 6.08. The summed E-state index contributed by atoms with van der Waals surface area (Å²) in [6, 6.07) is 0.731. The van der Waals surface area contributed by atoms with Crippen molar-refractivity contribution >= 4 is 6.09 Å². The molecule has 2 atom stereocenters. The van der Waals surface area contributed by atoms with E-state index in [9.17, 15) is 14.3 Å². The van der Waals surface area contributed by atoms with E-state index in [-0.39, 0.29) is 18.8 Å². The molecule has 1 aliphatic rings. The van der Waals surface area contributed by atoms with Crippen LogP contribution in [0.15, 0.2) is 12.3 Å². The summed E-state index contributed by atoms with van der Waals surface area (Å²) in [7, 11) is 1.42. The van der Waals surface area contributed by atoms with Gasteiger partial charge in [-0.2, -0.15) is 0 Å². The number of ether oxygens (including phenoxy) is 2. The molecule has 1 saturated heterocycles. The molecule has 0 radical (unpaired) electrons. The number of β-amino-alcohol motifs (C(OH)–C–C–N with tert-alkyl or cyclic N) is 1. The minimum absolute atomic E-state index is 0.124. The average molecular weight is 312 g/mol. The number of carbonyl (C=O) groups excluding carboxylic acids is 1. The fraction of sp³-hybridized carbons (Fsp3) is 0.600. The van der Waals surface area contributed by atoms with Crippen LogP contribution in [0.4, 0.5) is 9.18 Å². The smallest absolute Gasteiger partial charge is 0.410 e. The molecule has 2 heterocycles. The van der Waals surface area contributed by atoms with Gasteiger partial charge < -0.3 is 14.6 Å². The van der Waals surface area contributed by atoms with Crippen LogP contribution in [-0.2, 0) is 4.74 Å². The summed E-state index contributed by atoms with van der Waals surface area (Å²) in [5, 5.41) is 9.91. The van der Waals surface area contributed by atoms with E-state index in [4.69, 9.17) is 9.47 Å². The normalized spacial score (nSPS) is 21.8. The number of halogens is 1. The highest BCUT2D eigenvalue weighted by molar-refractivity contribution is 5.69. The second-order valence-electron chi connectivity index (χ2n) is 6.29. The van der Waals surface area contributed by atoms with Gasteiger partial charge in [0.15, 0.2) is 0 Å². The van der Waals surface area contributed by atoms with Crippen LogP contribution in [0.5, 0.6) is 5.88 Å². The van der Waals surface area contributed by atoms with E-state index in [1.54, 1.807) is 20.8 Å². The van der Waals surface area contributed by atoms with E-state index in [0.29, 0.717) is 5.56 Å². The highest BCUT2D eigenvalue weighted by atomic mass is 19.1. The lowest BCUT2D eigenvalue weighted by Crippen LogP contribution is -2.37. The third-order valence-corrected chi connectivity index (χ3v) is 3.30. The number of aliphatic hydroxyl groups is 1. The lowest BCUT2D eigenvalue weighted by Gasteiger charge is -2.29. The first-order valence-electron chi connectivity index (χ1n) is 7.08. The van der Waals surface area contributed by atoms with Gasteiger partial charge in [0.25, 0.3) is 0 Å². The second-order valence-corrected chi connectivity index (χ2v) is 6.29. The Morgan fingerprint density at radius 1 is 1.50 bits per heavy atom. The SMILES string of the molecule is COc1ncc(F)cc1[C@H]1CC(O)CN1C(=O)OC(C)(C)C. The molecule has 7 heteroatoms. The van der Waals surface area contributed by atoms with Gasteiger partial charge in [-0.3, -0.25) is 4.90 Å². The number of amides is 1. The number of hydrogen-bond acceptors (Lipinski definition) is 5. The molecule has 0 aromatic carbocycles. The van der Waals surface area contributed by atoms with E-state index in [2.05, 4.69) is 4.98 Å². The zero-order chi connectivity index (χ0) is 16.5. The molecule has 0 spiro atoms. The Bertz CT molecular complexity index is 559. The molecule has 122 valence electrons. The van der Waals surface area contributed by atoms with E-state index in [1.165, 1.54) is 18.1 Å². The maximum atomic E-state index is 13.5. The summed E-state index contributed by atoms with van der Waals surface area (Å²) < 4.78 is 24.0. The van der Waals surface area contributed by atoms with Gasteiger partial charge in [-0.1, -0.05) is 0 Å². The monoisotopic (exact) mass is 312 g/mol. The third-order valence-electron chi connectivity index (χ3n) is 3.30. The van der Waals surface area contributed by atoms with Crippen LogP contribution in [0.3, 0.4) is 0 Å². The number of aliphatic hydroxyl groups excluding tert-OH is 1. The van der Waals surface area contributed by atoms with Crippen LogP contribution in [-0.4, -0.2) is 46.4 Å². The maximum absolute atomic E-state index is 13.5. The summed E-state index contributed by atoms with van der Waals surface area (Å²) in [5.74, 6) is -0.296. The van der Waals surface area contributed by atoms with Crippen molar-refractivity contribution in [3.05, 3.63) is 23.6 Å². The lowest BCUT2D eigenvalue weighted by atomic mass is 10.1. The van der Waals surface area contributed by atoms with Crippen molar-refractivity contribution in [1.82, 2.24) is 9.88 Å². The predicted molar refractivity (Wildman–Crippen MR) is 77.1 cm³/mol. The first-order chi connectivity index (χ1) is 10.2. The molecule has 2 rings (SSSR count). The van der Waals surface area contributed by atoms with E-state index < -0.39 is 29.7 Å². The lowest BCUT2D eigenvalue weighted by molar-refractivity contribution is 0.0205. The first kappa shape index (κ1) is 16.5. The molecule has 1 fully saturated rings. The molecule has 1 aromatic heterocycles. The Hall–Kier alpha value is -1.89. The van der Waals surface area contributed by atoms with Crippen molar-refractivity contribution in [3.8, 4) is 5.88 Å². The number of aromatic nitrogens is 1. The van der Waals surface area contributed by atoms with Gasteiger partial charge in [-0.05, 0) is 33.3 Å². The molecule has 6 nitrogen and oxygen atoms in total. The average Bonchev–Trinajstić information content (AvgIpc) is 2.79. The third kappa shape index (κ3) is 3.65. The topological polar surface area (TPSA) is 71.9 Å². The van der Waals surface area contributed by atoms with Gasteiger partial charge in [0, 0.05) is 5.56 Å². The maximum Gasteiger partial charge on any atom is 0.410 e. The molecule has 0 bridgehead atoms. The van der Waals surface area contributed by atoms with Gasteiger partial charge in [-0.15, -0.1) is 0 Å². The Labute approximate surface area is 128 Å². The summed E-state index contributed by atoms with van der Waals surface area (Å²) >= 11 is 0. The standard InChI is InChI=1S/C15H21FN2O4/c1-15(2,3)22-14(20)18-8-10(19)6-12(18)11-5-9(16)7-17-13(11)21-4/h5,7,10,12,19H,6,8H2,1-4H3/t10?,12-/m1/s1. The van der Waals surface area contributed by atoms with Crippen molar-refractivity contribution in [2.45, 2.75) is 44.9 Å². The number of hydrogen-bond donors (Lipinski definition) is 1. The van der Waals surface area contributed by atoms with Crippen molar-refractivity contribution in [3.63, 3.8) is 0 Å². The number of pyridine rings is 1. The molecule has 1 aromatic rings. The molecule has 1 unspecified atom stereocenters. The number of methoxy groups -OCH3 is 1. The molecular weight excluding hydrogens is 291 g/mol. The zero-order valence-electron chi connectivity index (χ0n) is 13.2. The Kier molecular flexibility index (Phi) is 4.55. The van der Waals surface area contributed by atoms with Crippen LogP contribution in [0.1, 0.15) is 38.8 Å². The van der Waals surface area contributed by atoms with Crippen LogP contribution < -0.4 is 4.74 Å². The summed E-state index contributed by atoms with van der Waals surface area (Å²) in [5.41, 5.74) is -0.232. The Morgan fingerprint density at radius 3 is 2.77 bits per heavy atom. The van der Waals surface area contributed by atoms with E-state index >= 15 is 0 Å². The van der Waals surface area contributed by atoms with Crippen LogP contribution in [0.25, 0.3) is 0 Å². The molecule has 1 N–H and O–H groups in total. The molecule has 1 amide bonds. The number of nitrogens with zero attached hydrogens (tertiary/aromatic N) is 2. The Balaban J connectivity index is 2.32. The number of likely N-dealkylation sites (tertiary alicyclic amines) is 1. The summed E-state index contributed by atoms with van der Waals surface area (Å²) in [6.45, 7) is 5.41. The summed E-state index contributed by atoms with van der Waals surface area (Å²) in [4.78, 5) is 17.6. The molecule has 0 saturated carbocycles. The zero-order valence-corrected chi connectivity index (χ0v) is 13.2. The summed E-state index contributed by atoms with van der Waals surface area (Å²) in [6.07, 6.45) is 0.0672. The fourth-order valence-electron chi connectivity index (χ4n) is 2.48. The van der Waals surface area contributed by atoms with E-state index in [1.807, 2.05) is 0 Å². The molecule has 1 aliphatic heterocycles. The minimum Gasteiger partial charge on any atom is -0.481 e. The van der Waals surface area contributed by atoms with Crippen molar-refractivity contribution in [1.29, 1.82) is 0 Å².